The normalized spacial score (nSPS) is 18.2. The molecule has 2 fully saturated rings. The Labute approximate surface area is 222 Å². The fourth-order valence-electron chi connectivity index (χ4n) is 6.32. The SMILES string of the molecule is Cc1cccc(C(CCNC2CCN(C(=N)N)CC2)c2cn(C3CCCCC3)c3ccccc23)c1.Cl. The average molecular weight is 508 g/mol. The Morgan fingerprint density at radius 1 is 1.03 bits per heavy atom. The third kappa shape index (κ3) is 5.90. The number of piperidine rings is 1. The highest BCUT2D eigenvalue weighted by Gasteiger charge is 2.25. The molecule has 5 rings (SSSR count). The van der Waals surface area contributed by atoms with Gasteiger partial charge in [0.15, 0.2) is 5.96 Å². The van der Waals surface area contributed by atoms with Crippen molar-refractivity contribution in [2.24, 2.45) is 5.73 Å². The number of hydrogen-bond acceptors (Lipinski definition) is 2. The van der Waals surface area contributed by atoms with E-state index in [1.54, 1.807) is 0 Å². The number of aromatic nitrogens is 1. The molecule has 1 aliphatic heterocycles. The third-order valence-corrected chi connectivity index (χ3v) is 8.26. The zero-order valence-electron chi connectivity index (χ0n) is 21.6. The van der Waals surface area contributed by atoms with Crippen molar-refractivity contribution in [1.82, 2.24) is 14.8 Å². The molecular weight excluding hydrogens is 466 g/mol. The maximum Gasteiger partial charge on any atom is 0.188 e. The van der Waals surface area contributed by atoms with Crippen LogP contribution in [0, 0.1) is 12.3 Å². The van der Waals surface area contributed by atoms with Gasteiger partial charge in [0.25, 0.3) is 0 Å². The van der Waals surface area contributed by atoms with Crippen LogP contribution in [-0.2, 0) is 0 Å². The molecule has 1 saturated heterocycles. The largest absolute Gasteiger partial charge is 0.370 e. The van der Waals surface area contributed by atoms with Crippen LogP contribution in [0.5, 0.6) is 0 Å². The summed E-state index contributed by atoms with van der Waals surface area (Å²) in [5, 5.41) is 12.9. The second-order valence-electron chi connectivity index (χ2n) is 10.7. The third-order valence-electron chi connectivity index (χ3n) is 8.26. The van der Waals surface area contributed by atoms with Crippen LogP contribution in [0.2, 0.25) is 0 Å². The number of nitrogens with zero attached hydrogens (tertiary/aromatic N) is 2. The van der Waals surface area contributed by atoms with Gasteiger partial charge in [-0.05, 0) is 62.8 Å². The Hall–Kier alpha value is -2.50. The molecule has 0 amide bonds. The fourth-order valence-corrected chi connectivity index (χ4v) is 6.32. The van der Waals surface area contributed by atoms with E-state index in [2.05, 4.69) is 71.5 Å². The Balaban J connectivity index is 0.00000304. The lowest BCUT2D eigenvalue weighted by molar-refractivity contribution is 0.278. The molecule has 2 aromatic carbocycles. The van der Waals surface area contributed by atoms with E-state index in [0.717, 1.165) is 38.9 Å². The first-order valence-electron chi connectivity index (χ1n) is 13.6. The first-order chi connectivity index (χ1) is 17.1. The van der Waals surface area contributed by atoms with E-state index in [9.17, 15) is 0 Å². The van der Waals surface area contributed by atoms with Crippen molar-refractivity contribution in [3.8, 4) is 0 Å². The topological polar surface area (TPSA) is 70.1 Å². The van der Waals surface area contributed by atoms with Crippen LogP contribution in [0.1, 0.15) is 80.0 Å². The van der Waals surface area contributed by atoms with Crippen LogP contribution in [-0.4, -0.2) is 41.1 Å². The molecule has 2 heterocycles. The van der Waals surface area contributed by atoms with E-state index in [1.807, 2.05) is 4.90 Å². The van der Waals surface area contributed by atoms with Gasteiger partial charge in [-0.15, -0.1) is 12.4 Å². The number of guanidine groups is 1. The zero-order valence-corrected chi connectivity index (χ0v) is 22.4. The van der Waals surface area contributed by atoms with Crippen LogP contribution in [0.15, 0.2) is 54.7 Å². The molecule has 6 heteroatoms. The summed E-state index contributed by atoms with van der Waals surface area (Å²) in [6.45, 7) is 4.95. The van der Waals surface area contributed by atoms with Gasteiger partial charge in [0.2, 0.25) is 0 Å². The van der Waals surface area contributed by atoms with Gasteiger partial charge in [-0.3, -0.25) is 5.41 Å². The summed E-state index contributed by atoms with van der Waals surface area (Å²) < 4.78 is 2.61. The van der Waals surface area contributed by atoms with Crippen LogP contribution in [0.3, 0.4) is 0 Å². The number of rotatable bonds is 7. The van der Waals surface area contributed by atoms with Crippen molar-refractivity contribution >= 4 is 29.3 Å². The van der Waals surface area contributed by atoms with E-state index >= 15 is 0 Å². The quantitative estimate of drug-likeness (QED) is 0.258. The Morgan fingerprint density at radius 2 is 1.78 bits per heavy atom. The molecule has 3 aromatic rings. The highest BCUT2D eigenvalue weighted by molar-refractivity contribution is 5.85. The summed E-state index contributed by atoms with van der Waals surface area (Å²) in [4.78, 5) is 1.98. The van der Waals surface area contributed by atoms with Gasteiger partial charge >= 0.3 is 0 Å². The highest BCUT2D eigenvalue weighted by atomic mass is 35.5. The minimum absolute atomic E-state index is 0. The summed E-state index contributed by atoms with van der Waals surface area (Å²) >= 11 is 0. The monoisotopic (exact) mass is 507 g/mol. The van der Waals surface area contributed by atoms with Crippen molar-refractivity contribution in [2.75, 3.05) is 19.6 Å². The summed E-state index contributed by atoms with van der Waals surface area (Å²) in [5.74, 6) is 0.576. The number of para-hydroxylation sites is 1. The van der Waals surface area contributed by atoms with Crippen molar-refractivity contribution in [3.63, 3.8) is 0 Å². The molecule has 2 aliphatic rings. The molecule has 194 valence electrons. The number of fused-ring (bicyclic) bond motifs is 1. The fraction of sp³-hybridized carbons (Fsp3) is 0.500. The molecule has 1 aliphatic carbocycles. The molecule has 4 N–H and O–H groups in total. The number of hydrogen-bond donors (Lipinski definition) is 3. The van der Waals surface area contributed by atoms with Crippen LogP contribution >= 0.6 is 12.4 Å². The Morgan fingerprint density at radius 3 is 2.50 bits per heavy atom. The molecule has 1 unspecified atom stereocenters. The predicted molar refractivity (Wildman–Crippen MR) is 153 cm³/mol. The van der Waals surface area contributed by atoms with Crippen LogP contribution in [0.4, 0.5) is 0 Å². The van der Waals surface area contributed by atoms with Gasteiger partial charge in [-0.2, -0.15) is 0 Å². The van der Waals surface area contributed by atoms with Crippen LogP contribution in [0.25, 0.3) is 10.9 Å². The van der Waals surface area contributed by atoms with E-state index in [0.29, 0.717) is 18.0 Å². The van der Waals surface area contributed by atoms with Crippen LogP contribution < -0.4 is 11.1 Å². The zero-order chi connectivity index (χ0) is 24.2. The van der Waals surface area contributed by atoms with Crippen molar-refractivity contribution in [1.29, 1.82) is 5.41 Å². The number of aryl methyl sites for hydroxylation is 1. The number of likely N-dealkylation sites (tertiary alicyclic amines) is 1. The first-order valence-corrected chi connectivity index (χ1v) is 13.6. The number of benzene rings is 2. The molecule has 0 spiro atoms. The highest BCUT2D eigenvalue weighted by Crippen LogP contribution is 2.39. The summed E-state index contributed by atoms with van der Waals surface area (Å²) in [7, 11) is 0. The van der Waals surface area contributed by atoms with E-state index in [4.69, 9.17) is 11.1 Å². The lowest BCUT2D eigenvalue weighted by Gasteiger charge is -2.33. The van der Waals surface area contributed by atoms with Gasteiger partial charge in [-0.1, -0.05) is 67.3 Å². The molecule has 0 bridgehead atoms. The van der Waals surface area contributed by atoms with E-state index in [-0.39, 0.29) is 18.4 Å². The molecule has 1 atom stereocenters. The van der Waals surface area contributed by atoms with Crippen molar-refractivity contribution in [2.45, 2.75) is 76.3 Å². The van der Waals surface area contributed by atoms with E-state index < -0.39 is 0 Å². The molecular formula is C30H42ClN5. The van der Waals surface area contributed by atoms with Gasteiger partial charge in [0, 0.05) is 48.2 Å². The van der Waals surface area contributed by atoms with Gasteiger partial charge < -0.3 is 20.5 Å². The van der Waals surface area contributed by atoms with Gasteiger partial charge in [-0.25, -0.2) is 0 Å². The molecule has 5 nitrogen and oxygen atoms in total. The Kier molecular flexibility index (Phi) is 8.97. The lowest BCUT2D eigenvalue weighted by Crippen LogP contribution is -2.47. The summed E-state index contributed by atoms with van der Waals surface area (Å²) in [5.41, 5.74) is 11.3. The van der Waals surface area contributed by atoms with Gasteiger partial charge in [0.05, 0.1) is 0 Å². The molecule has 1 aromatic heterocycles. The van der Waals surface area contributed by atoms with Crippen molar-refractivity contribution in [3.05, 3.63) is 71.4 Å². The van der Waals surface area contributed by atoms with E-state index in [1.165, 1.54) is 59.7 Å². The first kappa shape index (κ1) is 26.6. The second-order valence-corrected chi connectivity index (χ2v) is 10.7. The number of nitrogens with one attached hydrogen (secondary N) is 2. The number of nitrogens with two attached hydrogens (primary N) is 1. The van der Waals surface area contributed by atoms with Gasteiger partial charge in [0.1, 0.15) is 0 Å². The average Bonchev–Trinajstić information content (AvgIpc) is 3.27. The lowest BCUT2D eigenvalue weighted by atomic mass is 9.87. The Bertz CT molecular complexity index is 1140. The minimum atomic E-state index is 0. The summed E-state index contributed by atoms with van der Waals surface area (Å²) in [6.07, 6.45) is 12.4. The molecule has 1 saturated carbocycles. The second kappa shape index (κ2) is 12.2. The summed E-state index contributed by atoms with van der Waals surface area (Å²) in [6, 6.07) is 19.3. The smallest absolute Gasteiger partial charge is 0.188 e. The maximum atomic E-state index is 7.68. The number of halogens is 1. The standard InChI is InChI=1S/C30H41N5.ClH/c1-22-8-7-9-23(20-22)26(14-17-33-24-15-18-34(19-16-24)30(31)32)28-21-35(25-10-3-2-4-11-25)29-13-6-5-12-27(28)29;/h5-9,12-13,20-21,24-26,33H,2-4,10-11,14-19H2,1H3,(H3,31,32);1H. The van der Waals surface area contributed by atoms with Crippen molar-refractivity contribution < 1.29 is 0 Å². The molecule has 0 radical (unpaired) electrons. The minimum Gasteiger partial charge on any atom is -0.370 e. The molecule has 36 heavy (non-hydrogen) atoms. The maximum absolute atomic E-state index is 7.68. The predicted octanol–water partition coefficient (Wildman–Crippen LogP) is 6.35.